The van der Waals surface area contributed by atoms with Gasteiger partial charge in [-0.15, -0.1) is 0 Å². The van der Waals surface area contributed by atoms with Gasteiger partial charge >= 0.3 is 6.03 Å². The molecule has 1 aliphatic heterocycles. The van der Waals surface area contributed by atoms with Crippen LogP contribution in [0.25, 0.3) is 17.0 Å². The third-order valence-corrected chi connectivity index (χ3v) is 5.57. The maximum Gasteiger partial charge on any atom is 0.327 e. The Labute approximate surface area is 196 Å². The van der Waals surface area contributed by atoms with Gasteiger partial charge < -0.3 is 9.84 Å². The number of nitrogens with one attached hydrogen (secondary N) is 1. The fraction of sp³-hybridized carbons (Fsp3) is 0.0800. The zero-order valence-corrected chi connectivity index (χ0v) is 18.1. The number of anilines is 1. The molecule has 0 saturated carbocycles. The molecule has 0 spiro atoms. The number of hydrogen-bond donors (Lipinski definition) is 1. The normalized spacial score (nSPS) is 16.0. The van der Waals surface area contributed by atoms with E-state index in [1.807, 2.05) is 0 Å². The van der Waals surface area contributed by atoms with Crippen LogP contribution in [-0.2, 0) is 0 Å². The SMILES string of the molecule is CC1=C(c2nc(-c3cccc(F)c3)no2)C(c2cccc(F)c2)NC(=O)N1c1ccc(F)c(F)c1. The largest absolute Gasteiger partial charge is 0.334 e. The lowest BCUT2D eigenvalue weighted by molar-refractivity contribution is 0.244. The molecule has 5 rings (SSSR count). The van der Waals surface area contributed by atoms with E-state index in [2.05, 4.69) is 15.5 Å². The summed E-state index contributed by atoms with van der Waals surface area (Å²) in [6, 6.07) is 12.7. The van der Waals surface area contributed by atoms with Gasteiger partial charge in [-0.1, -0.05) is 29.4 Å². The van der Waals surface area contributed by atoms with E-state index in [0.717, 1.165) is 17.0 Å². The van der Waals surface area contributed by atoms with Gasteiger partial charge in [0.1, 0.15) is 11.6 Å². The highest BCUT2D eigenvalue weighted by atomic mass is 19.2. The Hall–Kier alpha value is -4.47. The van der Waals surface area contributed by atoms with Crippen molar-refractivity contribution in [1.82, 2.24) is 15.5 Å². The molecule has 176 valence electrons. The van der Waals surface area contributed by atoms with Gasteiger partial charge in [0, 0.05) is 17.3 Å². The maximum atomic E-state index is 14.0. The summed E-state index contributed by atoms with van der Waals surface area (Å²) >= 11 is 0. The van der Waals surface area contributed by atoms with Crippen LogP contribution in [0.4, 0.5) is 28.0 Å². The van der Waals surface area contributed by atoms with Gasteiger partial charge in [0.15, 0.2) is 11.6 Å². The van der Waals surface area contributed by atoms with Crippen molar-refractivity contribution >= 4 is 17.3 Å². The molecule has 1 atom stereocenters. The Bertz CT molecular complexity index is 1480. The Morgan fingerprint density at radius 3 is 2.37 bits per heavy atom. The number of hydrogen-bond acceptors (Lipinski definition) is 4. The van der Waals surface area contributed by atoms with Crippen molar-refractivity contribution in [3.05, 3.63) is 107 Å². The molecule has 35 heavy (non-hydrogen) atoms. The van der Waals surface area contributed by atoms with E-state index in [1.165, 1.54) is 42.5 Å². The molecule has 4 aromatic rings. The third-order valence-electron chi connectivity index (χ3n) is 5.57. The molecule has 0 saturated heterocycles. The van der Waals surface area contributed by atoms with Crippen LogP contribution in [0.3, 0.4) is 0 Å². The molecule has 0 bridgehead atoms. The van der Waals surface area contributed by atoms with Gasteiger partial charge in [-0.3, -0.25) is 4.90 Å². The Morgan fingerprint density at radius 2 is 1.66 bits per heavy atom. The van der Waals surface area contributed by atoms with Crippen molar-refractivity contribution in [3.8, 4) is 11.4 Å². The Kier molecular flexibility index (Phi) is 5.56. The molecule has 2 heterocycles. The van der Waals surface area contributed by atoms with Gasteiger partial charge in [-0.05, 0) is 48.9 Å². The van der Waals surface area contributed by atoms with E-state index < -0.39 is 35.3 Å². The predicted octanol–water partition coefficient (Wildman–Crippen LogP) is 6.00. The number of nitrogens with zero attached hydrogens (tertiary/aromatic N) is 3. The number of allylic oxidation sites excluding steroid dienone is 1. The van der Waals surface area contributed by atoms with E-state index in [-0.39, 0.29) is 23.1 Å². The van der Waals surface area contributed by atoms with Gasteiger partial charge in [0.05, 0.1) is 17.3 Å². The Balaban J connectivity index is 1.67. The fourth-order valence-electron chi connectivity index (χ4n) is 3.97. The highest BCUT2D eigenvalue weighted by Crippen LogP contribution is 2.39. The van der Waals surface area contributed by atoms with Crippen LogP contribution in [0.15, 0.2) is 77.0 Å². The van der Waals surface area contributed by atoms with Crippen molar-refractivity contribution < 1.29 is 26.9 Å². The van der Waals surface area contributed by atoms with E-state index in [0.29, 0.717) is 16.7 Å². The van der Waals surface area contributed by atoms with Gasteiger partial charge in [-0.2, -0.15) is 4.98 Å². The lowest BCUT2D eigenvalue weighted by Gasteiger charge is -2.35. The number of halogens is 4. The summed E-state index contributed by atoms with van der Waals surface area (Å²) in [5.74, 6) is -3.15. The molecule has 1 aliphatic rings. The van der Waals surface area contributed by atoms with E-state index in [1.54, 1.807) is 19.1 Å². The average Bonchev–Trinajstić information content (AvgIpc) is 3.31. The summed E-state index contributed by atoms with van der Waals surface area (Å²) in [6.45, 7) is 1.56. The molecule has 0 aliphatic carbocycles. The van der Waals surface area contributed by atoms with Gasteiger partial charge in [-0.25, -0.2) is 22.4 Å². The van der Waals surface area contributed by atoms with Crippen molar-refractivity contribution in [2.24, 2.45) is 0 Å². The summed E-state index contributed by atoms with van der Waals surface area (Å²) in [5, 5.41) is 6.66. The molecule has 6 nitrogen and oxygen atoms in total. The number of carbonyl (C=O) groups excluding carboxylic acids is 1. The molecule has 1 unspecified atom stereocenters. The lowest BCUT2D eigenvalue weighted by atomic mass is 9.94. The first-order valence-corrected chi connectivity index (χ1v) is 10.4. The minimum atomic E-state index is -1.14. The highest BCUT2D eigenvalue weighted by molar-refractivity contribution is 6.01. The minimum absolute atomic E-state index is 0.0244. The summed E-state index contributed by atoms with van der Waals surface area (Å²) in [7, 11) is 0. The number of benzene rings is 3. The molecule has 0 fully saturated rings. The first kappa shape index (κ1) is 22.3. The second-order valence-electron chi connectivity index (χ2n) is 7.80. The molecule has 1 aromatic heterocycles. The zero-order chi connectivity index (χ0) is 24.7. The number of rotatable bonds is 4. The molecule has 0 radical (unpaired) electrons. The second-order valence-corrected chi connectivity index (χ2v) is 7.80. The third kappa shape index (κ3) is 4.14. The monoisotopic (exact) mass is 480 g/mol. The number of aromatic nitrogens is 2. The first-order chi connectivity index (χ1) is 16.8. The van der Waals surface area contributed by atoms with E-state index in [9.17, 15) is 22.4 Å². The van der Waals surface area contributed by atoms with Gasteiger partial charge in [0.25, 0.3) is 5.89 Å². The van der Waals surface area contributed by atoms with Crippen LogP contribution in [0.1, 0.15) is 24.4 Å². The van der Waals surface area contributed by atoms with Crippen molar-refractivity contribution in [2.45, 2.75) is 13.0 Å². The number of urea groups is 1. The Morgan fingerprint density at radius 1 is 0.914 bits per heavy atom. The molecular formula is C25H16F4N4O2. The number of amides is 2. The first-order valence-electron chi connectivity index (χ1n) is 10.4. The van der Waals surface area contributed by atoms with Crippen LogP contribution < -0.4 is 10.2 Å². The van der Waals surface area contributed by atoms with E-state index in [4.69, 9.17) is 4.52 Å². The zero-order valence-electron chi connectivity index (χ0n) is 18.1. The van der Waals surface area contributed by atoms with Crippen molar-refractivity contribution in [2.75, 3.05) is 4.90 Å². The van der Waals surface area contributed by atoms with Crippen molar-refractivity contribution in [1.29, 1.82) is 0 Å². The summed E-state index contributed by atoms with van der Waals surface area (Å²) in [4.78, 5) is 18.6. The summed E-state index contributed by atoms with van der Waals surface area (Å²) in [5.41, 5.74) is 1.37. The van der Waals surface area contributed by atoms with Crippen LogP contribution in [-0.4, -0.2) is 16.2 Å². The summed E-state index contributed by atoms with van der Waals surface area (Å²) in [6.07, 6.45) is 0. The van der Waals surface area contributed by atoms with Crippen LogP contribution in [0, 0.1) is 23.3 Å². The van der Waals surface area contributed by atoms with Crippen LogP contribution in [0.2, 0.25) is 0 Å². The van der Waals surface area contributed by atoms with E-state index >= 15 is 0 Å². The number of carbonyl (C=O) groups is 1. The molecular weight excluding hydrogens is 464 g/mol. The topological polar surface area (TPSA) is 71.3 Å². The van der Waals surface area contributed by atoms with Crippen LogP contribution >= 0.6 is 0 Å². The maximum absolute atomic E-state index is 14.0. The molecule has 1 N–H and O–H groups in total. The quantitative estimate of drug-likeness (QED) is 0.364. The average molecular weight is 480 g/mol. The van der Waals surface area contributed by atoms with Crippen LogP contribution in [0.5, 0.6) is 0 Å². The predicted molar refractivity (Wildman–Crippen MR) is 119 cm³/mol. The highest BCUT2D eigenvalue weighted by Gasteiger charge is 2.37. The lowest BCUT2D eigenvalue weighted by Crippen LogP contribution is -2.46. The fourth-order valence-corrected chi connectivity index (χ4v) is 3.97. The standard InChI is InChI=1S/C25H16F4N4O2/c1-13-21(24-31-23(32-35-24)15-5-3-7-17(27)11-15)22(14-4-2-6-16(26)10-14)30-25(34)33(13)18-8-9-19(28)20(29)12-18/h2-12,22H,1H3,(H,30,34). The second kappa shape index (κ2) is 8.71. The van der Waals surface area contributed by atoms with Crippen molar-refractivity contribution in [3.63, 3.8) is 0 Å². The molecule has 2 amide bonds. The molecule has 10 heteroatoms. The smallest absolute Gasteiger partial charge is 0.327 e. The van der Waals surface area contributed by atoms with Gasteiger partial charge in [0.2, 0.25) is 5.82 Å². The molecule has 3 aromatic carbocycles. The summed E-state index contributed by atoms with van der Waals surface area (Å²) < 4.78 is 60.7. The minimum Gasteiger partial charge on any atom is -0.334 e.